The molecule has 1 heterocycles. The molecule has 2 rings (SSSR count). The van der Waals surface area contributed by atoms with E-state index < -0.39 is 22.0 Å². The van der Waals surface area contributed by atoms with Crippen molar-refractivity contribution in [1.29, 1.82) is 5.26 Å². The van der Waals surface area contributed by atoms with E-state index in [2.05, 4.69) is 0 Å². The molecule has 112 valence electrons. The molecule has 6 nitrogen and oxygen atoms in total. The fourth-order valence-electron chi connectivity index (χ4n) is 2.08. The van der Waals surface area contributed by atoms with Gasteiger partial charge in [0.15, 0.2) is 0 Å². The lowest BCUT2D eigenvalue weighted by Crippen LogP contribution is -2.50. The highest BCUT2D eigenvalue weighted by atomic mass is 32.2. The van der Waals surface area contributed by atoms with E-state index in [1.807, 2.05) is 6.07 Å². The predicted octanol–water partition coefficient (Wildman–Crippen LogP) is 0.943. The second-order valence-electron chi connectivity index (χ2n) is 4.52. The van der Waals surface area contributed by atoms with E-state index in [0.29, 0.717) is 5.75 Å². The molecule has 1 aromatic carbocycles. The molecule has 21 heavy (non-hydrogen) atoms. The molecule has 0 radical (unpaired) electrons. The van der Waals surface area contributed by atoms with Crippen molar-refractivity contribution in [2.24, 2.45) is 0 Å². The van der Waals surface area contributed by atoms with Gasteiger partial charge in [-0.2, -0.15) is 21.3 Å². The van der Waals surface area contributed by atoms with Gasteiger partial charge < -0.3 is 5.11 Å². The smallest absolute Gasteiger partial charge is 0.322 e. The van der Waals surface area contributed by atoms with Crippen LogP contribution in [0.3, 0.4) is 0 Å². The van der Waals surface area contributed by atoms with Gasteiger partial charge in [0.25, 0.3) is 0 Å². The molecule has 0 saturated carbocycles. The Labute approximate surface area is 127 Å². The van der Waals surface area contributed by atoms with Crippen LogP contribution in [0.5, 0.6) is 0 Å². The Hall–Kier alpha value is -1.56. The zero-order valence-electron chi connectivity index (χ0n) is 11.1. The first-order chi connectivity index (χ1) is 9.96. The summed E-state index contributed by atoms with van der Waals surface area (Å²) in [6, 6.07) is 6.94. The fourth-order valence-corrected chi connectivity index (χ4v) is 4.91. The highest BCUT2D eigenvalue weighted by Crippen LogP contribution is 2.25. The van der Waals surface area contributed by atoms with Crippen molar-refractivity contribution in [1.82, 2.24) is 4.31 Å². The average Bonchev–Trinajstić information content (AvgIpc) is 2.48. The van der Waals surface area contributed by atoms with E-state index in [1.165, 1.54) is 23.9 Å². The molecule has 1 saturated heterocycles. The van der Waals surface area contributed by atoms with Crippen LogP contribution in [0.15, 0.2) is 29.2 Å². The van der Waals surface area contributed by atoms with Crippen LogP contribution >= 0.6 is 11.8 Å². The number of aliphatic carboxylic acids is 1. The van der Waals surface area contributed by atoms with Crippen molar-refractivity contribution in [3.63, 3.8) is 0 Å². The predicted molar refractivity (Wildman–Crippen MR) is 78.4 cm³/mol. The van der Waals surface area contributed by atoms with E-state index in [9.17, 15) is 18.3 Å². The molecule has 1 aliphatic heterocycles. The Bertz CT molecular complexity index is 664. The number of hydrogen-bond acceptors (Lipinski definition) is 5. The Morgan fingerprint density at radius 2 is 2.10 bits per heavy atom. The van der Waals surface area contributed by atoms with Gasteiger partial charge in [-0.3, -0.25) is 4.79 Å². The van der Waals surface area contributed by atoms with E-state index in [-0.39, 0.29) is 23.6 Å². The van der Waals surface area contributed by atoms with Crippen LogP contribution in [-0.2, 0) is 21.2 Å². The molecule has 8 heteroatoms. The van der Waals surface area contributed by atoms with Gasteiger partial charge in [0.2, 0.25) is 10.0 Å². The van der Waals surface area contributed by atoms with E-state index in [0.717, 1.165) is 9.87 Å². The summed E-state index contributed by atoms with van der Waals surface area (Å²) in [5.74, 6) is -0.303. The first-order valence-corrected chi connectivity index (χ1v) is 8.84. The van der Waals surface area contributed by atoms with Gasteiger partial charge in [-0.15, -0.1) is 0 Å². The quantitative estimate of drug-likeness (QED) is 0.884. The first-order valence-electron chi connectivity index (χ1n) is 6.25. The summed E-state index contributed by atoms with van der Waals surface area (Å²) in [5, 5.41) is 17.8. The average molecular weight is 326 g/mol. The Morgan fingerprint density at radius 3 is 2.67 bits per heavy atom. The number of thioether (sulfide) groups is 1. The summed E-state index contributed by atoms with van der Waals surface area (Å²) in [7, 11) is -3.83. The van der Waals surface area contributed by atoms with Crippen molar-refractivity contribution in [3.8, 4) is 6.07 Å². The monoisotopic (exact) mass is 326 g/mol. The lowest BCUT2D eigenvalue weighted by atomic mass is 10.2. The third-order valence-corrected chi connectivity index (χ3v) is 6.12. The summed E-state index contributed by atoms with van der Waals surface area (Å²) in [6.07, 6.45) is 0.207. The number of nitriles is 1. The normalized spacial score (nSPS) is 19.9. The molecule has 1 fully saturated rings. The van der Waals surface area contributed by atoms with Gasteiger partial charge in [-0.05, 0) is 17.7 Å². The van der Waals surface area contributed by atoms with Crippen molar-refractivity contribution < 1.29 is 18.3 Å². The molecule has 0 spiro atoms. The minimum absolute atomic E-state index is 0.0577. The zero-order valence-corrected chi connectivity index (χ0v) is 12.7. The maximum atomic E-state index is 12.6. The van der Waals surface area contributed by atoms with Gasteiger partial charge in [-0.1, -0.05) is 12.1 Å². The number of carboxylic acids is 1. The SMILES string of the molecule is N#CCc1ccc(S(=O)(=O)N2CCSCC2C(=O)O)cc1. The second kappa shape index (κ2) is 6.47. The van der Waals surface area contributed by atoms with Crippen LogP contribution in [0.25, 0.3) is 0 Å². The van der Waals surface area contributed by atoms with Crippen LogP contribution in [0.2, 0.25) is 0 Å². The van der Waals surface area contributed by atoms with Crippen molar-refractivity contribution in [3.05, 3.63) is 29.8 Å². The number of carbonyl (C=O) groups is 1. The standard InChI is InChI=1S/C13H14N2O4S2/c14-6-5-10-1-3-11(4-2-10)21(18,19)15-7-8-20-9-12(15)13(16)17/h1-4,12H,5,7-9H2,(H,16,17). The number of carboxylic acid groups (broad SMARTS) is 1. The lowest BCUT2D eigenvalue weighted by molar-refractivity contribution is -0.140. The minimum atomic E-state index is -3.83. The molecule has 1 atom stereocenters. The second-order valence-corrected chi connectivity index (χ2v) is 7.56. The summed E-state index contributed by atoms with van der Waals surface area (Å²) >= 11 is 1.43. The molecule has 1 N–H and O–H groups in total. The maximum absolute atomic E-state index is 12.6. The molecule has 0 aliphatic carbocycles. The summed E-state index contributed by atoms with van der Waals surface area (Å²) < 4.78 is 26.2. The molecule has 0 amide bonds. The molecular formula is C13H14N2O4S2. The van der Waals surface area contributed by atoms with Gasteiger partial charge in [0, 0.05) is 18.1 Å². The lowest BCUT2D eigenvalue weighted by Gasteiger charge is -2.31. The summed E-state index contributed by atoms with van der Waals surface area (Å²) in [4.78, 5) is 11.3. The largest absolute Gasteiger partial charge is 0.480 e. The van der Waals surface area contributed by atoms with Gasteiger partial charge in [0.1, 0.15) is 6.04 Å². The van der Waals surface area contributed by atoms with Gasteiger partial charge in [-0.25, -0.2) is 8.42 Å². The van der Waals surface area contributed by atoms with Crippen LogP contribution < -0.4 is 0 Å². The van der Waals surface area contributed by atoms with Crippen LogP contribution in [0, 0.1) is 11.3 Å². The van der Waals surface area contributed by atoms with Gasteiger partial charge >= 0.3 is 5.97 Å². The van der Waals surface area contributed by atoms with Crippen molar-refractivity contribution in [2.75, 3.05) is 18.1 Å². The topological polar surface area (TPSA) is 98.5 Å². The summed E-state index contributed by atoms with van der Waals surface area (Å²) in [6.45, 7) is 0.184. The molecule has 0 aromatic heterocycles. The molecule has 1 aromatic rings. The first kappa shape index (κ1) is 15.8. The molecular weight excluding hydrogens is 312 g/mol. The van der Waals surface area contributed by atoms with Crippen molar-refractivity contribution >= 4 is 27.8 Å². The number of nitrogens with zero attached hydrogens (tertiary/aromatic N) is 2. The third-order valence-electron chi connectivity index (χ3n) is 3.18. The van der Waals surface area contributed by atoms with E-state index in [1.54, 1.807) is 12.1 Å². The molecule has 0 bridgehead atoms. The van der Waals surface area contributed by atoms with Gasteiger partial charge in [0.05, 0.1) is 17.4 Å². The number of hydrogen-bond donors (Lipinski definition) is 1. The van der Waals surface area contributed by atoms with Crippen LogP contribution in [0.4, 0.5) is 0 Å². The Balaban J connectivity index is 2.31. The molecule has 1 unspecified atom stereocenters. The maximum Gasteiger partial charge on any atom is 0.322 e. The Morgan fingerprint density at radius 1 is 1.43 bits per heavy atom. The van der Waals surface area contributed by atoms with Crippen LogP contribution in [-0.4, -0.2) is 47.9 Å². The van der Waals surface area contributed by atoms with E-state index in [4.69, 9.17) is 5.26 Å². The van der Waals surface area contributed by atoms with E-state index >= 15 is 0 Å². The Kier molecular flexibility index (Phi) is 4.88. The highest BCUT2D eigenvalue weighted by Gasteiger charge is 2.37. The number of sulfonamides is 1. The van der Waals surface area contributed by atoms with Crippen LogP contribution in [0.1, 0.15) is 5.56 Å². The van der Waals surface area contributed by atoms with Crippen molar-refractivity contribution in [2.45, 2.75) is 17.4 Å². The zero-order chi connectivity index (χ0) is 15.5. The highest BCUT2D eigenvalue weighted by molar-refractivity contribution is 7.99. The number of benzene rings is 1. The molecule has 1 aliphatic rings. The third kappa shape index (κ3) is 3.37. The minimum Gasteiger partial charge on any atom is -0.480 e. The summed E-state index contributed by atoms with van der Waals surface area (Å²) in [5.41, 5.74) is 0.723. The number of rotatable bonds is 4. The fraction of sp³-hybridized carbons (Fsp3) is 0.385.